The molecular weight excluding hydrogens is 392 g/mol. The Balaban J connectivity index is 1.44. The van der Waals surface area contributed by atoms with Crippen LogP contribution in [0.3, 0.4) is 0 Å². The number of rotatable bonds is 7. The Morgan fingerprint density at radius 1 is 0.968 bits per heavy atom. The van der Waals surface area contributed by atoms with E-state index in [-0.39, 0.29) is 23.9 Å². The fraction of sp³-hybridized carbons (Fsp3) is 0.667. The molecule has 7 heteroatoms. The zero-order chi connectivity index (χ0) is 22.2. The lowest BCUT2D eigenvalue weighted by Gasteiger charge is -2.38. The molecule has 0 spiro atoms. The summed E-state index contributed by atoms with van der Waals surface area (Å²) in [6, 6.07) is 8.26. The predicted molar refractivity (Wildman–Crippen MR) is 124 cm³/mol. The van der Waals surface area contributed by atoms with E-state index in [9.17, 15) is 9.59 Å². The van der Waals surface area contributed by atoms with Gasteiger partial charge < -0.3 is 24.8 Å². The Morgan fingerprint density at radius 3 is 2.23 bits per heavy atom. The Hall–Kier alpha value is -2.44. The van der Waals surface area contributed by atoms with Gasteiger partial charge in [0.05, 0.1) is 12.3 Å². The van der Waals surface area contributed by atoms with E-state index in [4.69, 9.17) is 4.74 Å². The number of carbonyl (C=O) groups is 2. The maximum absolute atomic E-state index is 12.8. The topological polar surface area (TPSA) is 65.1 Å². The predicted octanol–water partition coefficient (Wildman–Crippen LogP) is 3.34. The summed E-state index contributed by atoms with van der Waals surface area (Å²) in [5.41, 5.74) is 1.10. The van der Waals surface area contributed by atoms with Crippen LogP contribution in [0, 0.1) is 5.92 Å². The molecule has 2 aliphatic heterocycles. The van der Waals surface area contributed by atoms with Crippen molar-refractivity contribution >= 4 is 17.6 Å². The highest BCUT2D eigenvalue weighted by atomic mass is 16.5. The molecule has 2 saturated heterocycles. The zero-order valence-corrected chi connectivity index (χ0v) is 19.3. The summed E-state index contributed by atoms with van der Waals surface area (Å²) in [6.45, 7) is 11.2. The average molecular weight is 431 g/mol. The van der Waals surface area contributed by atoms with E-state index in [1.54, 1.807) is 0 Å². The van der Waals surface area contributed by atoms with Crippen molar-refractivity contribution in [1.29, 1.82) is 0 Å². The lowest BCUT2D eigenvalue weighted by molar-refractivity contribution is -0.136. The fourth-order valence-corrected chi connectivity index (χ4v) is 4.55. The summed E-state index contributed by atoms with van der Waals surface area (Å²) >= 11 is 0. The summed E-state index contributed by atoms with van der Waals surface area (Å²) in [4.78, 5) is 31.5. The largest absolute Gasteiger partial charge is 0.492 e. The van der Waals surface area contributed by atoms with Crippen LogP contribution in [-0.2, 0) is 4.79 Å². The minimum absolute atomic E-state index is 0.0162. The molecule has 31 heavy (non-hydrogen) atoms. The van der Waals surface area contributed by atoms with Crippen LogP contribution in [0.25, 0.3) is 0 Å². The lowest BCUT2D eigenvalue weighted by Crippen LogP contribution is -2.55. The first-order valence-electron chi connectivity index (χ1n) is 11.9. The van der Waals surface area contributed by atoms with E-state index >= 15 is 0 Å². The number of hydrogen-bond donors (Lipinski definition) is 1. The van der Waals surface area contributed by atoms with Crippen LogP contribution in [0.1, 0.15) is 46.5 Å². The SMILES string of the molecule is CCOc1ccccc1N1CCN(C(=O)NC2CCN(C(=O)C(CC)CC)CC2)CC1. The Bertz CT molecular complexity index is 721. The molecule has 0 bridgehead atoms. The van der Waals surface area contributed by atoms with Gasteiger partial charge in [-0.2, -0.15) is 0 Å². The van der Waals surface area contributed by atoms with Gasteiger partial charge in [-0.1, -0.05) is 26.0 Å². The number of benzene rings is 1. The summed E-state index contributed by atoms with van der Waals surface area (Å²) < 4.78 is 5.76. The first-order chi connectivity index (χ1) is 15.1. The fourth-order valence-electron chi connectivity index (χ4n) is 4.55. The molecule has 7 nitrogen and oxygen atoms in total. The molecule has 0 atom stereocenters. The van der Waals surface area contributed by atoms with E-state index in [0.29, 0.717) is 19.7 Å². The van der Waals surface area contributed by atoms with Gasteiger partial charge in [0.15, 0.2) is 0 Å². The molecule has 0 saturated carbocycles. The van der Waals surface area contributed by atoms with Crippen molar-refractivity contribution in [3.05, 3.63) is 24.3 Å². The van der Waals surface area contributed by atoms with Crippen molar-refractivity contribution in [2.45, 2.75) is 52.5 Å². The van der Waals surface area contributed by atoms with Crippen LogP contribution >= 0.6 is 0 Å². The van der Waals surface area contributed by atoms with Crippen LogP contribution in [0.4, 0.5) is 10.5 Å². The summed E-state index contributed by atoms with van der Waals surface area (Å²) in [7, 11) is 0. The maximum atomic E-state index is 12.8. The Labute approximate surface area is 186 Å². The van der Waals surface area contributed by atoms with Gasteiger partial charge in [0.2, 0.25) is 5.91 Å². The van der Waals surface area contributed by atoms with Gasteiger partial charge in [-0.05, 0) is 44.7 Å². The molecule has 0 radical (unpaired) electrons. The highest BCUT2D eigenvalue weighted by Gasteiger charge is 2.29. The molecule has 3 rings (SSSR count). The summed E-state index contributed by atoms with van der Waals surface area (Å²) in [5, 5.41) is 3.20. The third kappa shape index (κ3) is 5.83. The number of nitrogens with zero attached hydrogens (tertiary/aromatic N) is 3. The van der Waals surface area contributed by atoms with E-state index in [1.165, 1.54) is 0 Å². The zero-order valence-electron chi connectivity index (χ0n) is 19.3. The minimum atomic E-state index is 0.0162. The van der Waals surface area contributed by atoms with E-state index in [2.05, 4.69) is 30.1 Å². The van der Waals surface area contributed by atoms with E-state index < -0.39 is 0 Å². The summed E-state index contributed by atoms with van der Waals surface area (Å²) in [6.07, 6.45) is 3.46. The smallest absolute Gasteiger partial charge is 0.317 e. The molecule has 0 aromatic heterocycles. The van der Waals surface area contributed by atoms with Crippen LogP contribution in [0.15, 0.2) is 24.3 Å². The first kappa shape index (κ1) is 23.2. The third-order valence-corrected chi connectivity index (χ3v) is 6.54. The van der Waals surface area contributed by atoms with Crippen molar-refractivity contribution in [2.75, 3.05) is 50.8 Å². The number of carbonyl (C=O) groups excluding carboxylic acids is 2. The molecular formula is C24H38N4O3. The summed E-state index contributed by atoms with van der Waals surface area (Å²) in [5.74, 6) is 1.31. The number of urea groups is 1. The quantitative estimate of drug-likeness (QED) is 0.721. The van der Waals surface area contributed by atoms with Crippen molar-refractivity contribution in [2.24, 2.45) is 5.92 Å². The van der Waals surface area contributed by atoms with Crippen molar-refractivity contribution in [3.8, 4) is 5.75 Å². The van der Waals surface area contributed by atoms with Crippen molar-refractivity contribution in [3.63, 3.8) is 0 Å². The highest BCUT2D eigenvalue weighted by Crippen LogP contribution is 2.28. The lowest BCUT2D eigenvalue weighted by atomic mass is 9.98. The number of ether oxygens (including phenoxy) is 1. The van der Waals surface area contributed by atoms with Gasteiger partial charge in [0.25, 0.3) is 0 Å². The van der Waals surface area contributed by atoms with Gasteiger partial charge in [0.1, 0.15) is 5.75 Å². The van der Waals surface area contributed by atoms with Crippen LogP contribution in [0.2, 0.25) is 0 Å². The number of nitrogens with one attached hydrogen (secondary N) is 1. The second-order valence-electron chi connectivity index (χ2n) is 8.44. The monoisotopic (exact) mass is 430 g/mol. The van der Waals surface area contributed by atoms with Crippen molar-refractivity contribution in [1.82, 2.24) is 15.1 Å². The Morgan fingerprint density at radius 2 is 1.61 bits per heavy atom. The van der Waals surface area contributed by atoms with Crippen LogP contribution < -0.4 is 15.0 Å². The van der Waals surface area contributed by atoms with Gasteiger partial charge in [-0.25, -0.2) is 4.79 Å². The highest BCUT2D eigenvalue weighted by molar-refractivity contribution is 5.79. The molecule has 1 aromatic carbocycles. The van der Waals surface area contributed by atoms with Gasteiger partial charge in [0, 0.05) is 51.2 Å². The van der Waals surface area contributed by atoms with E-state index in [1.807, 2.05) is 34.9 Å². The van der Waals surface area contributed by atoms with Crippen molar-refractivity contribution < 1.29 is 14.3 Å². The van der Waals surface area contributed by atoms with E-state index in [0.717, 1.165) is 63.3 Å². The molecule has 1 N–H and O–H groups in total. The van der Waals surface area contributed by atoms with Crippen LogP contribution in [-0.4, -0.2) is 73.7 Å². The Kier molecular flexibility index (Phi) is 8.43. The standard InChI is InChI=1S/C24H38N4O3/c1-4-19(5-2)23(29)27-13-11-20(12-14-27)25-24(30)28-17-15-26(16-18-28)21-9-7-8-10-22(21)31-6-3/h7-10,19-20H,4-6,11-18H2,1-3H3,(H,25,30). The average Bonchev–Trinajstić information content (AvgIpc) is 2.81. The second-order valence-corrected chi connectivity index (χ2v) is 8.44. The maximum Gasteiger partial charge on any atom is 0.317 e. The van der Waals surface area contributed by atoms with Gasteiger partial charge in [-0.15, -0.1) is 0 Å². The molecule has 172 valence electrons. The molecule has 2 aliphatic rings. The number of piperazine rings is 1. The second kappa shape index (κ2) is 11.3. The number of hydrogen-bond acceptors (Lipinski definition) is 4. The molecule has 0 aliphatic carbocycles. The third-order valence-electron chi connectivity index (χ3n) is 6.54. The van der Waals surface area contributed by atoms with Gasteiger partial charge >= 0.3 is 6.03 Å². The number of likely N-dealkylation sites (tertiary alicyclic amines) is 1. The minimum Gasteiger partial charge on any atom is -0.492 e. The molecule has 2 heterocycles. The first-order valence-corrected chi connectivity index (χ1v) is 11.9. The van der Waals surface area contributed by atoms with Crippen LogP contribution in [0.5, 0.6) is 5.75 Å². The number of amides is 3. The molecule has 3 amide bonds. The molecule has 0 unspecified atom stereocenters. The number of anilines is 1. The normalized spacial score (nSPS) is 17.7. The number of para-hydroxylation sites is 2. The molecule has 1 aromatic rings. The van der Waals surface area contributed by atoms with Gasteiger partial charge in [-0.3, -0.25) is 4.79 Å². The number of piperidine rings is 1. The molecule has 2 fully saturated rings.